The Bertz CT molecular complexity index is 567. The van der Waals surface area contributed by atoms with E-state index in [2.05, 4.69) is 11.7 Å². The summed E-state index contributed by atoms with van der Waals surface area (Å²) < 4.78 is 41.9. The lowest BCUT2D eigenvalue weighted by Crippen LogP contribution is -2.59. The number of quaternary nitrogens is 1. The molecular formula is C17H24F3N2O2+. The van der Waals surface area contributed by atoms with E-state index in [0.29, 0.717) is 26.1 Å². The van der Waals surface area contributed by atoms with Gasteiger partial charge in [0.25, 0.3) is 0 Å². The normalized spacial score (nSPS) is 17.6. The number of nitrogens with zero attached hydrogens (tertiary/aromatic N) is 2. The third-order valence-corrected chi connectivity index (χ3v) is 4.66. The number of likely N-dealkylation sites (N-methyl/N-ethyl adjacent to an activating group) is 1. The summed E-state index contributed by atoms with van der Waals surface area (Å²) in [5, 5.41) is 0. The van der Waals surface area contributed by atoms with Crippen molar-refractivity contribution in [3.05, 3.63) is 29.8 Å². The number of hydrogen-bond acceptors (Lipinski definition) is 2. The Morgan fingerprint density at radius 3 is 2.46 bits per heavy atom. The number of carbonyl (C=O) groups excluding carboxylic acids is 1. The predicted octanol–water partition coefficient (Wildman–Crippen LogP) is 3.17. The second-order valence-corrected chi connectivity index (χ2v) is 6.19. The van der Waals surface area contributed by atoms with E-state index in [0.717, 1.165) is 29.7 Å². The minimum atomic E-state index is -4.68. The molecule has 1 saturated heterocycles. The molecule has 24 heavy (non-hydrogen) atoms. The van der Waals surface area contributed by atoms with Gasteiger partial charge < -0.3 is 14.1 Å². The van der Waals surface area contributed by atoms with Crippen molar-refractivity contribution in [3.63, 3.8) is 0 Å². The van der Waals surface area contributed by atoms with E-state index >= 15 is 0 Å². The number of alkyl halides is 3. The van der Waals surface area contributed by atoms with Crippen LogP contribution in [0.1, 0.15) is 25.8 Å². The lowest BCUT2D eigenvalue weighted by atomic mass is 10.1. The van der Waals surface area contributed by atoms with Crippen LogP contribution in [0.4, 0.5) is 13.2 Å². The average Bonchev–Trinajstić information content (AvgIpc) is 2.53. The molecule has 0 radical (unpaired) electrons. The van der Waals surface area contributed by atoms with Crippen LogP contribution in [-0.2, 0) is 11.3 Å². The largest absolute Gasteiger partial charge is 0.573 e. The summed E-state index contributed by atoms with van der Waals surface area (Å²) in [4.78, 5) is 13.7. The van der Waals surface area contributed by atoms with Gasteiger partial charge in [-0.05, 0) is 19.1 Å². The smallest absolute Gasteiger partial charge is 0.406 e. The molecular weight excluding hydrogens is 321 g/mol. The van der Waals surface area contributed by atoms with Gasteiger partial charge in [0, 0.05) is 12.0 Å². The number of hydrogen-bond donors (Lipinski definition) is 0. The molecule has 1 aliphatic rings. The molecule has 0 spiro atoms. The third-order valence-electron chi connectivity index (χ3n) is 4.66. The molecule has 1 aromatic rings. The first-order valence-electron chi connectivity index (χ1n) is 8.24. The maximum absolute atomic E-state index is 12.4. The van der Waals surface area contributed by atoms with Crippen molar-refractivity contribution in [1.29, 1.82) is 0 Å². The SMILES string of the molecule is CCC(=O)N1CC[N+](CC)(Cc2cccc(OC(F)(F)F)c2)CC1. The molecule has 1 aromatic carbocycles. The first kappa shape index (κ1) is 18.6. The average molecular weight is 345 g/mol. The van der Waals surface area contributed by atoms with Crippen LogP contribution in [0.2, 0.25) is 0 Å². The van der Waals surface area contributed by atoms with Crippen LogP contribution < -0.4 is 4.74 Å². The number of carbonyl (C=O) groups is 1. The Hall–Kier alpha value is -1.76. The molecule has 0 N–H and O–H groups in total. The van der Waals surface area contributed by atoms with E-state index < -0.39 is 6.36 Å². The third kappa shape index (κ3) is 4.87. The quantitative estimate of drug-likeness (QED) is 0.767. The van der Waals surface area contributed by atoms with Crippen LogP contribution in [0.15, 0.2) is 24.3 Å². The molecule has 1 heterocycles. The van der Waals surface area contributed by atoms with Crippen LogP contribution in [0.3, 0.4) is 0 Å². The lowest BCUT2D eigenvalue weighted by Gasteiger charge is -2.44. The standard InChI is InChI=1S/C17H24F3N2O2/c1-3-16(23)21-8-10-22(4-2,11-9-21)13-14-6-5-7-15(12-14)24-17(18,19)20/h5-7,12H,3-4,8-11,13H2,1-2H3/q+1. The lowest BCUT2D eigenvalue weighted by molar-refractivity contribution is -0.942. The first-order valence-corrected chi connectivity index (χ1v) is 8.24. The summed E-state index contributed by atoms with van der Waals surface area (Å²) in [6.07, 6.45) is -4.18. The van der Waals surface area contributed by atoms with Gasteiger partial charge in [-0.15, -0.1) is 13.2 Å². The van der Waals surface area contributed by atoms with Crippen LogP contribution in [0.25, 0.3) is 0 Å². The highest BCUT2D eigenvalue weighted by Gasteiger charge is 2.34. The second kappa shape index (κ2) is 7.42. The van der Waals surface area contributed by atoms with E-state index in [4.69, 9.17) is 0 Å². The Labute approximate surface area is 140 Å². The zero-order valence-electron chi connectivity index (χ0n) is 14.1. The van der Waals surface area contributed by atoms with Crippen LogP contribution in [0, 0.1) is 0 Å². The van der Waals surface area contributed by atoms with Gasteiger partial charge in [-0.3, -0.25) is 4.79 Å². The zero-order valence-corrected chi connectivity index (χ0v) is 14.1. The van der Waals surface area contributed by atoms with E-state index in [1.807, 2.05) is 17.9 Å². The summed E-state index contributed by atoms with van der Waals surface area (Å²) in [6.45, 7) is 8.45. The van der Waals surface area contributed by atoms with Crippen molar-refractivity contribution < 1.29 is 27.2 Å². The topological polar surface area (TPSA) is 29.5 Å². The fourth-order valence-electron chi connectivity index (χ4n) is 3.18. The minimum Gasteiger partial charge on any atom is -0.406 e. The zero-order chi connectivity index (χ0) is 17.8. The van der Waals surface area contributed by atoms with Crippen molar-refractivity contribution in [2.24, 2.45) is 0 Å². The first-order chi connectivity index (χ1) is 11.3. The van der Waals surface area contributed by atoms with Crippen molar-refractivity contribution >= 4 is 5.91 Å². The minimum absolute atomic E-state index is 0.157. The van der Waals surface area contributed by atoms with Gasteiger partial charge in [-0.1, -0.05) is 19.1 Å². The van der Waals surface area contributed by atoms with Gasteiger partial charge >= 0.3 is 6.36 Å². The molecule has 0 bridgehead atoms. The molecule has 1 fully saturated rings. The predicted molar refractivity (Wildman–Crippen MR) is 84.2 cm³/mol. The van der Waals surface area contributed by atoms with E-state index in [1.54, 1.807) is 6.07 Å². The number of halogens is 3. The fraction of sp³-hybridized carbons (Fsp3) is 0.588. The number of rotatable bonds is 5. The number of piperazine rings is 1. The number of benzene rings is 1. The van der Waals surface area contributed by atoms with E-state index in [1.165, 1.54) is 12.1 Å². The van der Waals surface area contributed by atoms with E-state index in [9.17, 15) is 18.0 Å². The Morgan fingerprint density at radius 1 is 1.25 bits per heavy atom. The molecule has 4 nitrogen and oxygen atoms in total. The molecule has 1 aliphatic heterocycles. The van der Waals surface area contributed by atoms with Crippen molar-refractivity contribution in [2.75, 3.05) is 32.7 Å². The highest BCUT2D eigenvalue weighted by atomic mass is 19.4. The highest BCUT2D eigenvalue weighted by molar-refractivity contribution is 5.75. The maximum atomic E-state index is 12.4. The van der Waals surface area contributed by atoms with E-state index in [-0.39, 0.29) is 11.7 Å². The van der Waals surface area contributed by atoms with Crippen molar-refractivity contribution in [1.82, 2.24) is 4.90 Å². The monoisotopic (exact) mass is 345 g/mol. The number of ether oxygens (including phenoxy) is 1. The van der Waals surface area contributed by atoms with Gasteiger partial charge in [0.15, 0.2) is 0 Å². The molecule has 0 unspecified atom stereocenters. The van der Waals surface area contributed by atoms with Crippen LogP contribution in [0.5, 0.6) is 5.75 Å². The second-order valence-electron chi connectivity index (χ2n) is 6.19. The van der Waals surface area contributed by atoms with Crippen LogP contribution >= 0.6 is 0 Å². The highest BCUT2D eigenvalue weighted by Crippen LogP contribution is 2.25. The molecule has 0 atom stereocenters. The summed E-state index contributed by atoms with van der Waals surface area (Å²) in [5.41, 5.74) is 0.814. The van der Waals surface area contributed by atoms with Gasteiger partial charge in [0.1, 0.15) is 12.3 Å². The molecule has 2 rings (SSSR count). The maximum Gasteiger partial charge on any atom is 0.573 e. The van der Waals surface area contributed by atoms with Gasteiger partial charge in [-0.2, -0.15) is 0 Å². The van der Waals surface area contributed by atoms with Gasteiger partial charge in [-0.25, -0.2) is 0 Å². The van der Waals surface area contributed by atoms with Gasteiger partial charge in [0.05, 0.1) is 32.7 Å². The molecule has 0 saturated carbocycles. The Morgan fingerprint density at radius 2 is 1.92 bits per heavy atom. The Kier molecular flexibility index (Phi) is 5.74. The molecule has 134 valence electrons. The van der Waals surface area contributed by atoms with Crippen molar-refractivity contribution in [2.45, 2.75) is 33.2 Å². The molecule has 7 heteroatoms. The summed E-state index contributed by atoms with van der Waals surface area (Å²) >= 11 is 0. The molecule has 0 aliphatic carbocycles. The van der Waals surface area contributed by atoms with Crippen LogP contribution in [-0.4, -0.2) is 54.4 Å². The van der Waals surface area contributed by atoms with Gasteiger partial charge in [0.2, 0.25) is 5.91 Å². The summed E-state index contributed by atoms with van der Waals surface area (Å²) in [7, 11) is 0. The fourth-order valence-corrected chi connectivity index (χ4v) is 3.18. The summed E-state index contributed by atoms with van der Waals surface area (Å²) in [5.74, 6) is -0.0291. The summed E-state index contributed by atoms with van der Waals surface area (Å²) in [6, 6.07) is 6.17. The van der Waals surface area contributed by atoms with Crippen molar-refractivity contribution in [3.8, 4) is 5.75 Å². The Balaban J connectivity index is 2.06. The molecule has 1 amide bonds. The number of amides is 1. The molecule has 0 aromatic heterocycles.